The van der Waals surface area contributed by atoms with E-state index in [0.29, 0.717) is 30.1 Å². The van der Waals surface area contributed by atoms with Gasteiger partial charge in [-0.1, -0.05) is 6.07 Å². The lowest BCUT2D eigenvalue weighted by molar-refractivity contribution is 0.102. The summed E-state index contributed by atoms with van der Waals surface area (Å²) in [6.45, 7) is 1.43. The minimum atomic E-state index is -0.361. The second-order valence-electron chi connectivity index (χ2n) is 6.30. The monoisotopic (exact) mass is 314 g/mol. The number of aryl methyl sites for hydroxylation is 1. The summed E-state index contributed by atoms with van der Waals surface area (Å²) in [6.07, 6.45) is 2.93. The number of rotatable bonds is 3. The Bertz CT molecular complexity index is 779. The molecule has 5 nitrogen and oxygen atoms in total. The summed E-state index contributed by atoms with van der Waals surface area (Å²) in [4.78, 5) is 12.4. The van der Waals surface area contributed by atoms with Gasteiger partial charge in [-0.2, -0.15) is 5.10 Å². The maximum absolute atomic E-state index is 14.6. The topological polar surface area (TPSA) is 59.0 Å². The second kappa shape index (κ2) is 5.45. The molecule has 6 heteroatoms. The highest BCUT2D eigenvalue weighted by atomic mass is 19.1. The van der Waals surface area contributed by atoms with Crippen LogP contribution in [0, 0.1) is 5.82 Å². The van der Waals surface area contributed by atoms with Crippen LogP contribution in [0.2, 0.25) is 0 Å². The number of carbonyl (C=O) groups is 1. The van der Waals surface area contributed by atoms with Crippen molar-refractivity contribution in [2.45, 2.75) is 31.7 Å². The number of nitrogens with zero attached hydrogens (tertiary/aromatic N) is 2. The van der Waals surface area contributed by atoms with Crippen molar-refractivity contribution in [3.05, 3.63) is 46.5 Å². The third-order valence-electron chi connectivity index (χ3n) is 4.60. The zero-order chi connectivity index (χ0) is 16.0. The van der Waals surface area contributed by atoms with E-state index in [0.717, 1.165) is 30.6 Å². The molecular weight excluding hydrogens is 295 g/mol. The number of amides is 1. The van der Waals surface area contributed by atoms with Crippen LogP contribution in [-0.4, -0.2) is 22.2 Å². The maximum Gasteiger partial charge on any atom is 0.276 e. The first-order valence-corrected chi connectivity index (χ1v) is 7.99. The first-order valence-electron chi connectivity index (χ1n) is 7.99. The summed E-state index contributed by atoms with van der Waals surface area (Å²) in [5, 5.41) is 10.1. The number of hydrogen-bond donors (Lipinski definition) is 2. The lowest BCUT2D eigenvalue weighted by Crippen LogP contribution is -2.25. The lowest BCUT2D eigenvalue weighted by Gasteiger charge is -2.19. The van der Waals surface area contributed by atoms with Gasteiger partial charge in [0, 0.05) is 25.2 Å². The van der Waals surface area contributed by atoms with Crippen LogP contribution in [0.15, 0.2) is 18.2 Å². The molecule has 4 rings (SSSR count). The summed E-state index contributed by atoms with van der Waals surface area (Å²) in [5.41, 5.74) is 3.30. The Kier molecular flexibility index (Phi) is 3.41. The SMILES string of the molecule is Cn1nc(C(=O)Nc2ccc3c(c2F)CCNC3)cc1C1CC1. The zero-order valence-electron chi connectivity index (χ0n) is 13.0. The first-order chi connectivity index (χ1) is 11.1. The van der Waals surface area contributed by atoms with Gasteiger partial charge in [0.25, 0.3) is 5.91 Å². The molecule has 2 N–H and O–H groups in total. The van der Waals surface area contributed by atoms with Gasteiger partial charge in [0.2, 0.25) is 0 Å². The molecule has 2 heterocycles. The molecule has 0 spiro atoms. The lowest BCUT2D eigenvalue weighted by atomic mass is 9.99. The predicted molar refractivity (Wildman–Crippen MR) is 84.9 cm³/mol. The van der Waals surface area contributed by atoms with E-state index in [1.54, 1.807) is 10.7 Å². The number of carbonyl (C=O) groups excluding carboxylic acids is 1. The molecule has 0 atom stereocenters. The number of hydrogen-bond acceptors (Lipinski definition) is 3. The molecule has 23 heavy (non-hydrogen) atoms. The Hall–Kier alpha value is -2.21. The number of benzene rings is 1. The minimum absolute atomic E-state index is 0.231. The Labute approximate surface area is 133 Å². The normalized spacial score (nSPS) is 17.0. The summed E-state index contributed by atoms with van der Waals surface area (Å²) in [5.74, 6) is -0.169. The van der Waals surface area contributed by atoms with E-state index in [-0.39, 0.29) is 17.4 Å². The molecule has 0 radical (unpaired) electrons. The van der Waals surface area contributed by atoms with Crippen LogP contribution in [0.4, 0.5) is 10.1 Å². The third kappa shape index (κ3) is 2.63. The van der Waals surface area contributed by atoms with Crippen molar-refractivity contribution in [1.29, 1.82) is 0 Å². The van der Waals surface area contributed by atoms with Crippen LogP contribution >= 0.6 is 0 Å². The maximum atomic E-state index is 14.6. The van der Waals surface area contributed by atoms with Gasteiger partial charge in [-0.05, 0) is 49.1 Å². The number of fused-ring (bicyclic) bond motifs is 1. The molecule has 1 amide bonds. The molecule has 2 aromatic rings. The first kappa shape index (κ1) is 14.4. The molecule has 0 unspecified atom stereocenters. The van der Waals surface area contributed by atoms with Crippen LogP contribution in [0.5, 0.6) is 0 Å². The van der Waals surface area contributed by atoms with Crippen molar-refractivity contribution in [2.75, 3.05) is 11.9 Å². The van der Waals surface area contributed by atoms with Gasteiger partial charge < -0.3 is 10.6 Å². The van der Waals surface area contributed by atoms with Gasteiger partial charge in [-0.25, -0.2) is 4.39 Å². The average molecular weight is 314 g/mol. The van der Waals surface area contributed by atoms with E-state index in [1.807, 2.05) is 19.2 Å². The molecule has 1 saturated carbocycles. The van der Waals surface area contributed by atoms with Gasteiger partial charge >= 0.3 is 0 Å². The van der Waals surface area contributed by atoms with E-state index in [2.05, 4.69) is 15.7 Å². The quantitative estimate of drug-likeness (QED) is 0.914. The van der Waals surface area contributed by atoms with Gasteiger partial charge in [0.15, 0.2) is 5.69 Å². The molecule has 0 bridgehead atoms. The Morgan fingerprint density at radius 3 is 3.04 bits per heavy atom. The van der Waals surface area contributed by atoms with E-state index < -0.39 is 0 Å². The predicted octanol–water partition coefficient (Wildman–Crippen LogP) is 2.33. The van der Waals surface area contributed by atoms with Crippen molar-refractivity contribution in [1.82, 2.24) is 15.1 Å². The van der Waals surface area contributed by atoms with Gasteiger partial charge in [0.1, 0.15) is 5.82 Å². The van der Waals surface area contributed by atoms with E-state index in [4.69, 9.17) is 0 Å². The van der Waals surface area contributed by atoms with Crippen molar-refractivity contribution < 1.29 is 9.18 Å². The molecule has 1 aliphatic heterocycles. The van der Waals surface area contributed by atoms with Crippen molar-refractivity contribution in [3.8, 4) is 0 Å². The van der Waals surface area contributed by atoms with Gasteiger partial charge in [-0.3, -0.25) is 9.48 Å². The van der Waals surface area contributed by atoms with Crippen LogP contribution < -0.4 is 10.6 Å². The Morgan fingerprint density at radius 2 is 2.26 bits per heavy atom. The molecule has 1 fully saturated rings. The average Bonchev–Trinajstić information content (AvgIpc) is 3.32. The van der Waals surface area contributed by atoms with Crippen LogP contribution in [-0.2, 0) is 20.0 Å². The highest BCUT2D eigenvalue weighted by Gasteiger charge is 2.28. The third-order valence-corrected chi connectivity index (χ3v) is 4.60. The molecule has 1 aromatic heterocycles. The number of nitrogens with one attached hydrogen (secondary N) is 2. The fourth-order valence-corrected chi connectivity index (χ4v) is 3.17. The minimum Gasteiger partial charge on any atom is -0.318 e. The summed E-state index contributed by atoms with van der Waals surface area (Å²) >= 11 is 0. The summed E-state index contributed by atoms with van der Waals surface area (Å²) in [6, 6.07) is 5.31. The van der Waals surface area contributed by atoms with Crippen LogP contribution in [0.25, 0.3) is 0 Å². The fourth-order valence-electron chi connectivity index (χ4n) is 3.17. The molecule has 1 aliphatic carbocycles. The summed E-state index contributed by atoms with van der Waals surface area (Å²) < 4.78 is 16.3. The van der Waals surface area contributed by atoms with Crippen molar-refractivity contribution in [2.24, 2.45) is 7.05 Å². The smallest absolute Gasteiger partial charge is 0.276 e. The number of halogens is 1. The highest BCUT2D eigenvalue weighted by molar-refractivity contribution is 6.03. The molecule has 120 valence electrons. The van der Waals surface area contributed by atoms with E-state index in [1.165, 1.54) is 0 Å². The highest BCUT2D eigenvalue weighted by Crippen LogP contribution is 2.40. The van der Waals surface area contributed by atoms with E-state index >= 15 is 0 Å². The molecule has 0 saturated heterocycles. The van der Waals surface area contributed by atoms with E-state index in [9.17, 15) is 9.18 Å². The largest absolute Gasteiger partial charge is 0.318 e. The Morgan fingerprint density at radius 1 is 1.43 bits per heavy atom. The zero-order valence-corrected chi connectivity index (χ0v) is 13.0. The Balaban J connectivity index is 1.58. The number of anilines is 1. The second-order valence-corrected chi connectivity index (χ2v) is 6.30. The van der Waals surface area contributed by atoms with Crippen molar-refractivity contribution in [3.63, 3.8) is 0 Å². The van der Waals surface area contributed by atoms with Gasteiger partial charge in [0.05, 0.1) is 5.69 Å². The number of aromatic nitrogens is 2. The summed E-state index contributed by atoms with van der Waals surface area (Å²) in [7, 11) is 1.84. The van der Waals surface area contributed by atoms with Crippen LogP contribution in [0.3, 0.4) is 0 Å². The fraction of sp³-hybridized carbons (Fsp3) is 0.412. The molecule has 2 aliphatic rings. The standard InChI is InChI=1S/C17H19FN4O/c1-22-15(10-2-3-10)8-14(21-22)17(23)20-13-5-4-11-9-19-7-6-12(11)16(13)18/h4-5,8,10,19H,2-3,6-7,9H2,1H3,(H,20,23). The van der Waals surface area contributed by atoms with Crippen LogP contribution in [0.1, 0.15) is 46.1 Å². The van der Waals surface area contributed by atoms with Gasteiger partial charge in [-0.15, -0.1) is 0 Å². The molecule has 1 aromatic carbocycles. The molecular formula is C17H19FN4O. The van der Waals surface area contributed by atoms with Crippen molar-refractivity contribution >= 4 is 11.6 Å².